The molecule has 15 nitrogen and oxygen atoms in total. The van der Waals surface area contributed by atoms with Crippen molar-refractivity contribution < 1.29 is 24.3 Å². The van der Waals surface area contributed by atoms with Crippen LogP contribution in [0.4, 0.5) is 0 Å². The van der Waals surface area contributed by atoms with E-state index in [2.05, 4.69) is 25.9 Å². The predicted molar refractivity (Wildman–Crippen MR) is 149 cm³/mol. The fraction of sp³-hybridized carbons (Fsp3) is 0.727. The van der Waals surface area contributed by atoms with Gasteiger partial charge in [0.1, 0.15) is 18.1 Å². The van der Waals surface area contributed by atoms with E-state index in [1.807, 2.05) is 6.26 Å². The number of carboxylic acid groups (broad SMARTS) is 1. The van der Waals surface area contributed by atoms with Crippen LogP contribution in [0, 0.1) is 5.92 Å². The van der Waals surface area contributed by atoms with Gasteiger partial charge in [-0.2, -0.15) is 11.8 Å². The van der Waals surface area contributed by atoms with Crippen molar-refractivity contribution in [3.63, 3.8) is 0 Å². The Bertz CT molecular complexity index is 831. The van der Waals surface area contributed by atoms with Crippen LogP contribution in [0.2, 0.25) is 0 Å². The summed E-state index contributed by atoms with van der Waals surface area (Å²) in [4.78, 5) is 57.9. The van der Waals surface area contributed by atoms with Crippen molar-refractivity contribution in [2.24, 2.45) is 44.6 Å². The maximum atomic E-state index is 13.1. The van der Waals surface area contributed by atoms with Crippen LogP contribution >= 0.6 is 11.8 Å². The molecule has 0 bridgehead atoms. The zero-order valence-electron chi connectivity index (χ0n) is 22.3. The number of guanidine groups is 2. The Morgan fingerprint density at radius 2 is 1.32 bits per heavy atom. The first-order valence-corrected chi connectivity index (χ1v) is 13.7. The summed E-state index contributed by atoms with van der Waals surface area (Å²) in [6.07, 6.45) is 3.34. The lowest BCUT2D eigenvalue weighted by Gasteiger charge is -2.27. The van der Waals surface area contributed by atoms with Crippen LogP contribution in [0.1, 0.15) is 46.0 Å². The van der Waals surface area contributed by atoms with Gasteiger partial charge in [0.15, 0.2) is 11.9 Å². The van der Waals surface area contributed by atoms with Crippen LogP contribution in [-0.4, -0.2) is 90.0 Å². The van der Waals surface area contributed by atoms with Crippen LogP contribution < -0.4 is 44.6 Å². The zero-order chi connectivity index (χ0) is 29.3. The maximum absolute atomic E-state index is 13.1. The fourth-order valence-electron chi connectivity index (χ4n) is 3.24. The molecule has 0 aliphatic carbocycles. The highest BCUT2D eigenvalue weighted by molar-refractivity contribution is 7.98. The highest BCUT2D eigenvalue weighted by atomic mass is 32.2. The number of carboxylic acids is 1. The Kier molecular flexibility index (Phi) is 17.3. The lowest BCUT2D eigenvalue weighted by molar-refractivity contribution is -0.142. The zero-order valence-corrected chi connectivity index (χ0v) is 23.1. The van der Waals surface area contributed by atoms with Gasteiger partial charge in [0, 0.05) is 13.1 Å². The van der Waals surface area contributed by atoms with E-state index in [0.29, 0.717) is 38.0 Å². The number of carbonyl (C=O) groups excluding carboxylic acids is 3. The Hall–Kier alpha value is -3.27. The van der Waals surface area contributed by atoms with Gasteiger partial charge in [-0.05, 0) is 50.0 Å². The second-order valence-electron chi connectivity index (χ2n) is 8.98. The first-order valence-electron chi connectivity index (χ1n) is 12.3. The summed E-state index contributed by atoms with van der Waals surface area (Å²) < 4.78 is 0. The number of thioether (sulfide) groups is 1. The van der Waals surface area contributed by atoms with E-state index in [4.69, 9.17) is 28.7 Å². The lowest BCUT2D eigenvalue weighted by Crippen LogP contribution is -2.58. The van der Waals surface area contributed by atoms with Crippen LogP contribution in [0.3, 0.4) is 0 Å². The van der Waals surface area contributed by atoms with Crippen molar-refractivity contribution >= 4 is 47.4 Å². The van der Waals surface area contributed by atoms with Crippen molar-refractivity contribution in [3.05, 3.63) is 0 Å². The number of amides is 3. The summed E-state index contributed by atoms with van der Waals surface area (Å²) in [5.74, 6) is -2.95. The van der Waals surface area contributed by atoms with E-state index in [1.165, 1.54) is 11.8 Å². The molecule has 0 aromatic carbocycles. The molecule has 218 valence electrons. The molecular formula is C22H44N10O5S. The molecule has 14 N–H and O–H groups in total. The van der Waals surface area contributed by atoms with Crippen molar-refractivity contribution in [3.8, 4) is 0 Å². The number of aliphatic imine (C=N–C) groups is 2. The number of aliphatic carboxylic acids is 1. The second-order valence-corrected chi connectivity index (χ2v) is 9.96. The Labute approximate surface area is 227 Å². The highest BCUT2D eigenvalue weighted by Crippen LogP contribution is 2.08. The van der Waals surface area contributed by atoms with Crippen molar-refractivity contribution in [2.45, 2.75) is 70.1 Å². The number of carbonyl (C=O) groups is 4. The molecule has 0 aliphatic rings. The average molecular weight is 561 g/mol. The lowest BCUT2D eigenvalue weighted by atomic mass is 10.0. The maximum Gasteiger partial charge on any atom is 0.326 e. The first-order chi connectivity index (χ1) is 17.8. The summed E-state index contributed by atoms with van der Waals surface area (Å²) in [5, 5.41) is 17.3. The highest BCUT2D eigenvalue weighted by Gasteiger charge is 2.31. The van der Waals surface area contributed by atoms with E-state index in [1.54, 1.807) is 13.8 Å². The SMILES string of the molecule is CSCCC(NC(=O)C(N)CCCN=C(N)N)C(=O)NC(C(=O)NC(CCCN=C(N)N)C(=O)O)C(C)C. The molecule has 0 aliphatic heterocycles. The Morgan fingerprint density at radius 3 is 1.79 bits per heavy atom. The fourth-order valence-corrected chi connectivity index (χ4v) is 3.72. The van der Waals surface area contributed by atoms with Gasteiger partial charge >= 0.3 is 5.97 Å². The topological polar surface area (TPSA) is 279 Å². The number of nitrogens with one attached hydrogen (secondary N) is 3. The molecule has 0 spiro atoms. The first kappa shape index (κ1) is 34.7. The minimum atomic E-state index is -1.23. The monoisotopic (exact) mass is 560 g/mol. The van der Waals surface area contributed by atoms with E-state index in [9.17, 15) is 24.3 Å². The molecule has 4 atom stereocenters. The van der Waals surface area contributed by atoms with Gasteiger partial charge in [0.05, 0.1) is 6.04 Å². The van der Waals surface area contributed by atoms with Crippen LogP contribution in [-0.2, 0) is 19.2 Å². The quantitative estimate of drug-likeness (QED) is 0.0447. The number of hydrogen-bond donors (Lipinski definition) is 9. The third-order valence-electron chi connectivity index (χ3n) is 5.35. The molecule has 0 saturated heterocycles. The van der Waals surface area contributed by atoms with Crippen molar-refractivity contribution in [1.82, 2.24) is 16.0 Å². The molecule has 4 unspecified atom stereocenters. The molecule has 16 heteroatoms. The number of rotatable bonds is 19. The summed E-state index contributed by atoms with van der Waals surface area (Å²) in [6.45, 7) is 3.94. The van der Waals surface area contributed by atoms with E-state index in [-0.39, 0.29) is 30.8 Å². The molecule has 0 aromatic heterocycles. The molecule has 3 amide bonds. The molecule has 38 heavy (non-hydrogen) atoms. The van der Waals surface area contributed by atoms with Gasteiger partial charge in [-0.15, -0.1) is 0 Å². The third kappa shape index (κ3) is 15.1. The average Bonchev–Trinajstić information content (AvgIpc) is 2.83. The summed E-state index contributed by atoms with van der Waals surface area (Å²) in [6, 6.07) is -4.06. The molecule has 0 radical (unpaired) electrons. The van der Waals surface area contributed by atoms with Gasteiger partial charge in [-0.25, -0.2) is 4.79 Å². The van der Waals surface area contributed by atoms with Gasteiger partial charge in [0.25, 0.3) is 0 Å². The van der Waals surface area contributed by atoms with Crippen LogP contribution in [0.25, 0.3) is 0 Å². The summed E-state index contributed by atoms with van der Waals surface area (Å²) in [5.41, 5.74) is 27.0. The van der Waals surface area contributed by atoms with Crippen LogP contribution in [0.15, 0.2) is 9.98 Å². The van der Waals surface area contributed by atoms with Gasteiger partial charge in [0.2, 0.25) is 17.7 Å². The minimum absolute atomic E-state index is 0.0545. The number of hydrogen-bond acceptors (Lipinski definition) is 8. The molecule has 0 heterocycles. The van der Waals surface area contributed by atoms with E-state index < -0.39 is 47.9 Å². The van der Waals surface area contributed by atoms with Crippen molar-refractivity contribution in [2.75, 3.05) is 25.1 Å². The Morgan fingerprint density at radius 1 is 0.789 bits per heavy atom. The second kappa shape index (κ2) is 18.9. The summed E-state index contributed by atoms with van der Waals surface area (Å²) >= 11 is 1.49. The van der Waals surface area contributed by atoms with Gasteiger partial charge in [-0.3, -0.25) is 24.4 Å². The standard InChI is InChI=1S/C22H44N10O5S/c1-12(2)16(19(35)31-15(20(36)37)7-5-10-29-22(26)27)32-18(34)14(8-11-38-3)30-17(33)13(23)6-4-9-28-21(24)25/h12-16H,4-11,23H2,1-3H3,(H,30,33)(H,31,35)(H,32,34)(H,36,37)(H4,24,25,28)(H4,26,27,29). The molecular weight excluding hydrogens is 516 g/mol. The normalized spacial score (nSPS) is 13.9. The number of nitrogens with zero attached hydrogens (tertiary/aromatic N) is 2. The molecule has 0 saturated carbocycles. The third-order valence-corrected chi connectivity index (χ3v) is 6.00. The van der Waals surface area contributed by atoms with Crippen LogP contribution in [0.5, 0.6) is 0 Å². The summed E-state index contributed by atoms with van der Waals surface area (Å²) in [7, 11) is 0. The predicted octanol–water partition coefficient (Wildman–Crippen LogP) is -2.63. The molecule has 0 fully saturated rings. The number of nitrogens with two attached hydrogens (primary N) is 5. The van der Waals surface area contributed by atoms with E-state index >= 15 is 0 Å². The van der Waals surface area contributed by atoms with Gasteiger partial charge < -0.3 is 49.7 Å². The minimum Gasteiger partial charge on any atom is -0.480 e. The van der Waals surface area contributed by atoms with Gasteiger partial charge in [-0.1, -0.05) is 13.8 Å². The van der Waals surface area contributed by atoms with Crippen molar-refractivity contribution in [1.29, 1.82) is 0 Å². The molecule has 0 rings (SSSR count). The largest absolute Gasteiger partial charge is 0.480 e. The smallest absolute Gasteiger partial charge is 0.326 e. The van der Waals surface area contributed by atoms with E-state index in [0.717, 1.165) is 0 Å². The Balaban J connectivity index is 5.28. The molecule has 0 aromatic rings.